The van der Waals surface area contributed by atoms with Crippen molar-refractivity contribution in [1.29, 1.82) is 0 Å². The molecule has 1 aromatic heterocycles. The molecule has 0 bridgehead atoms. The maximum atomic E-state index is 11.0. The van der Waals surface area contributed by atoms with Crippen molar-refractivity contribution in [3.05, 3.63) is 48.3 Å². The number of nitrogens with zero attached hydrogens (tertiary/aromatic N) is 1. The molecule has 4 heteroatoms. The monoisotopic (exact) mass is 213 g/mol. The fraction of sp³-hybridized carbons (Fsp3) is 0. The van der Waals surface area contributed by atoms with Gasteiger partial charge in [0.2, 0.25) is 5.91 Å². The molecule has 80 valence electrons. The molecule has 0 aliphatic rings. The number of benzene rings is 1. The summed E-state index contributed by atoms with van der Waals surface area (Å²) in [5, 5.41) is 0. The molecule has 1 amide bonds. The molecule has 0 atom stereocenters. The molecular weight excluding hydrogens is 202 g/mol. The minimum absolute atomic E-state index is 0.389. The van der Waals surface area contributed by atoms with Crippen molar-refractivity contribution < 1.29 is 4.79 Å². The number of nitrogens with two attached hydrogens (primary N) is 2. The van der Waals surface area contributed by atoms with Gasteiger partial charge in [0, 0.05) is 23.6 Å². The summed E-state index contributed by atoms with van der Waals surface area (Å²) in [6, 6.07) is 9.07. The van der Waals surface area contributed by atoms with E-state index < -0.39 is 5.91 Å². The van der Waals surface area contributed by atoms with E-state index in [2.05, 4.69) is 4.98 Å². The third kappa shape index (κ3) is 2.00. The summed E-state index contributed by atoms with van der Waals surface area (Å²) in [5.41, 5.74) is 13.7. The van der Waals surface area contributed by atoms with Crippen molar-refractivity contribution in [3.63, 3.8) is 0 Å². The van der Waals surface area contributed by atoms with Gasteiger partial charge < -0.3 is 11.5 Å². The first-order valence-corrected chi connectivity index (χ1v) is 4.77. The van der Waals surface area contributed by atoms with Crippen LogP contribution in [0.2, 0.25) is 0 Å². The number of hydrogen-bond donors (Lipinski definition) is 2. The maximum absolute atomic E-state index is 11.0. The van der Waals surface area contributed by atoms with Crippen molar-refractivity contribution in [2.24, 2.45) is 5.73 Å². The van der Waals surface area contributed by atoms with Crippen molar-refractivity contribution in [2.45, 2.75) is 0 Å². The summed E-state index contributed by atoms with van der Waals surface area (Å²) in [5.74, 6) is -0.488. The molecule has 4 nitrogen and oxygen atoms in total. The van der Waals surface area contributed by atoms with E-state index in [4.69, 9.17) is 11.5 Å². The minimum atomic E-state index is -0.488. The fourth-order valence-corrected chi connectivity index (χ4v) is 1.45. The van der Waals surface area contributed by atoms with Crippen LogP contribution < -0.4 is 11.5 Å². The zero-order chi connectivity index (χ0) is 11.5. The van der Waals surface area contributed by atoms with Gasteiger partial charge in [0.25, 0.3) is 0 Å². The van der Waals surface area contributed by atoms with Crippen LogP contribution in [0, 0.1) is 0 Å². The van der Waals surface area contributed by atoms with Crippen LogP contribution in [-0.4, -0.2) is 10.9 Å². The SMILES string of the molecule is NC(=O)c1cncc(-c2cccc(N)c2)c1. The van der Waals surface area contributed by atoms with Crippen LogP contribution >= 0.6 is 0 Å². The molecule has 0 aliphatic heterocycles. The first-order valence-electron chi connectivity index (χ1n) is 4.77. The van der Waals surface area contributed by atoms with E-state index in [-0.39, 0.29) is 0 Å². The zero-order valence-electron chi connectivity index (χ0n) is 8.55. The second-order valence-electron chi connectivity index (χ2n) is 3.45. The average Bonchev–Trinajstić information content (AvgIpc) is 2.29. The highest BCUT2D eigenvalue weighted by atomic mass is 16.1. The Kier molecular flexibility index (Phi) is 2.55. The molecule has 2 aromatic rings. The van der Waals surface area contributed by atoms with Gasteiger partial charge in [-0.1, -0.05) is 12.1 Å². The van der Waals surface area contributed by atoms with Gasteiger partial charge in [-0.2, -0.15) is 0 Å². The van der Waals surface area contributed by atoms with Gasteiger partial charge >= 0.3 is 0 Å². The average molecular weight is 213 g/mol. The molecular formula is C12H11N3O. The summed E-state index contributed by atoms with van der Waals surface area (Å²) in [4.78, 5) is 15.0. The number of nitrogen functional groups attached to an aromatic ring is 1. The summed E-state index contributed by atoms with van der Waals surface area (Å²) in [6.45, 7) is 0. The van der Waals surface area contributed by atoms with Crippen LogP contribution in [0.1, 0.15) is 10.4 Å². The maximum Gasteiger partial charge on any atom is 0.250 e. The highest BCUT2D eigenvalue weighted by molar-refractivity contribution is 5.93. The van der Waals surface area contributed by atoms with E-state index in [0.717, 1.165) is 11.1 Å². The number of rotatable bonds is 2. The molecule has 1 aromatic carbocycles. The molecule has 16 heavy (non-hydrogen) atoms. The standard InChI is InChI=1S/C12H11N3O/c13-11-3-1-2-8(5-11)9-4-10(12(14)16)7-15-6-9/h1-7H,13H2,(H2,14,16). The number of aromatic nitrogens is 1. The Morgan fingerprint density at radius 3 is 2.62 bits per heavy atom. The number of anilines is 1. The number of carbonyl (C=O) groups is 1. The quantitative estimate of drug-likeness (QED) is 0.740. The molecule has 1 heterocycles. The van der Waals surface area contributed by atoms with Gasteiger partial charge in [-0.25, -0.2) is 0 Å². The zero-order valence-corrected chi connectivity index (χ0v) is 8.55. The number of primary amides is 1. The van der Waals surface area contributed by atoms with E-state index in [1.54, 1.807) is 18.3 Å². The van der Waals surface area contributed by atoms with E-state index in [9.17, 15) is 4.79 Å². The topological polar surface area (TPSA) is 82.0 Å². The van der Waals surface area contributed by atoms with Gasteiger partial charge in [-0.05, 0) is 23.8 Å². The molecule has 0 fully saturated rings. The second kappa shape index (κ2) is 4.02. The van der Waals surface area contributed by atoms with Gasteiger partial charge in [-0.15, -0.1) is 0 Å². The van der Waals surface area contributed by atoms with Crippen LogP contribution in [-0.2, 0) is 0 Å². The van der Waals surface area contributed by atoms with Crippen molar-refractivity contribution in [1.82, 2.24) is 4.98 Å². The number of amides is 1. The summed E-state index contributed by atoms with van der Waals surface area (Å²) in [7, 11) is 0. The lowest BCUT2D eigenvalue weighted by Crippen LogP contribution is -2.11. The molecule has 0 saturated heterocycles. The van der Waals surface area contributed by atoms with Crippen LogP contribution in [0.4, 0.5) is 5.69 Å². The van der Waals surface area contributed by atoms with Crippen LogP contribution in [0.25, 0.3) is 11.1 Å². The van der Waals surface area contributed by atoms with Crippen molar-refractivity contribution in [2.75, 3.05) is 5.73 Å². The van der Waals surface area contributed by atoms with Crippen LogP contribution in [0.15, 0.2) is 42.7 Å². The number of hydrogen-bond acceptors (Lipinski definition) is 3. The molecule has 2 rings (SSSR count). The second-order valence-corrected chi connectivity index (χ2v) is 3.45. The fourth-order valence-electron chi connectivity index (χ4n) is 1.45. The Balaban J connectivity index is 2.48. The van der Waals surface area contributed by atoms with E-state index >= 15 is 0 Å². The summed E-state index contributed by atoms with van der Waals surface area (Å²) in [6.07, 6.45) is 3.11. The normalized spacial score (nSPS) is 10.0. The van der Waals surface area contributed by atoms with Gasteiger partial charge in [0.1, 0.15) is 0 Å². The first-order chi connectivity index (χ1) is 7.66. The third-order valence-electron chi connectivity index (χ3n) is 2.24. The molecule has 0 saturated carbocycles. The predicted molar refractivity (Wildman–Crippen MR) is 62.6 cm³/mol. The lowest BCUT2D eigenvalue weighted by molar-refractivity contribution is 0.1000. The van der Waals surface area contributed by atoms with Gasteiger partial charge in [-0.3, -0.25) is 9.78 Å². The van der Waals surface area contributed by atoms with E-state index in [1.807, 2.05) is 18.2 Å². The Morgan fingerprint density at radius 1 is 1.12 bits per heavy atom. The molecule has 4 N–H and O–H groups in total. The molecule has 0 spiro atoms. The van der Waals surface area contributed by atoms with E-state index in [0.29, 0.717) is 11.3 Å². The number of carbonyl (C=O) groups excluding carboxylic acids is 1. The molecule has 0 aliphatic carbocycles. The third-order valence-corrected chi connectivity index (χ3v) is 2.24. The minimum Gasteiger partial charge on any atom is -0.399 e. The Labute approximate surface area is 92.9 Å². The lowest BCUT2D eigenvalue weighted by atomic mass is 10.1. The highest BCUT2D eigenvalue weighted by Crippen LogP contribution is 2.21. The summed E-state index contributed by atoms with van der Waals surface area (Å²) >= 11 is 0. The Bertz CT molecular complexity index is 537. The number of pyridine rings is 1. The molecule has 0 unspecified atom stereocenters. The summed E-state index contributed by atoms with van der Waals surface area (Å²) < 4.78 is 0. The Hall–Kier alpha value is -2.36. The van der Waals surface area contributed by atoms with Crippen LogP contribution in [0.3, 0.4) is 0 Å². The first kappa shape index (κ1) is 10.2. The smallest absolute Gasteiger partial charge is 0.250 e. The van der Waals surface area contributed by atoms with Gasteiger partial charge in [0.15, 0.2) is 0 Å². The predicted octanol–water partition coefficient (Wildman–Crippen LogP) is 1.43. The Morgan fingerprint density at radius 2 is 1.94 bits per heavy atom. The van der Waals surface area contributed by atoms with Crippen LogP contribution in [0.5, 0.6) is 0 Å². The largest absolute Gasteiger partial charge is 0.399 e. The molecule has 0 radical (unpaired) electrons. The van der Waals surface area contributed by atoms with E-state index in [1.165, 1.54) is 6.20 Å². The highest BCUT2D eigenvalue weighted by Gasteiger charge is 2.04. The van der Waals surface area contributed by atoms with Crippen molar-refractivity contribution >= 4 is 11.6 Å². The van der Waals surface area contributed by atoms with Crippen molar-refractivity contribution in [3.8, 4) is 11.1 Å². The lowest BCUT2D eigenvalue weighted by Gasteiger charge is -2.03. The van der Waals surface area contributed by atoms with Gasteiger partial charge in [0.05, 0.1) is 5.56 Å².